The smallest absolute Gasteiger partial charge is 0.276 e. The first kappa shape index (κ1) is 20.2. The monoisotopic (exact) mass is 400 g/mol. The standard InChI is InChI=1S/C19H20N4O6/c24-16(6-5-14-3-1-2-4-15(14)23(28)29)20-9-11-21(12-10-20)19(27)13-22-17(25)7-8-18(22)26/h1-6H,7-13H2. The van der Waals surface area contributed by atoms with E-state index in [1.165, 1.54) is 23.1 Å². The predicted molar refractivity (Wildman–Crippen MR) is 101 cm³/mol. The van der Waals surface area contributed by atoms with Crippen molar-refractivity contribution < 1.29 is 24.1 Å². The van der Waals surface area contributed by atoms with Gasteiger partial charge in [0.05, 0.1) is 10.5 Å². The van der Waals surface area contributed by atoms with Gasteiger partial charge in [-0.15, -0.1) is 0 Å². The molecule has 0 radical (unpaired) electrons. The van der Waals surface area contributed by atoms with Gasteiger partial charge in [-0.2, -0.15) is 0 Å². The summed E-state index contributed by atoms with van der Waals surface area (Å²) in [6.07, 6.45) is 2.96. The molecule has 10 heteroatoms. The second-order valence-electron chi connectivity index (χ2n) is 6.73. The number of likely N-dealkylation sites (tertiary alicyclic amines) is 1. The lowest BCUT2D eigenvalue weighted by Gasteiger charge is -2.34. The van der Waals surface area contributed by atoms with Gasteiger partial charge >= 0.3 is 0 Å². The number of benzene rings is 1. The van der Waals surface area contributed by atoms with Crippen LogP contribution in [0.1, 0.15) is 18.4 Å². The zero-order valence-corrected chi connectivity index (χ0v) is 15.7. The lowest BCUT2D eigenvalue weighted by Crippen LogP contribution is -2.52. The van der Waals surface area contributed by atoms with Crippen LogP contribution < -0.4 is 0 Å². The first-order valence-electron chi connectivity index (χ1n) is 9.18. The van der Waals surface area contributed by atoms with Crippen molar-refractivity contribution in [2.24, 2.45) is 0 Å². The van der Waals surface area contributed by atoms with Gasteiger partial charge in [0.2, 0.25) is 23.6 Å². The quantitative estimate of drug-likeness (QED) is 0.306. The minimum Gasteiger partial charge on any atom is -0.338 e. The Morgan fingerprint density at radius 2 is 1.59 bits per heavy atom. The van der Waals surface area contributed by atoms with Gasteiger partial charge in [-0.25, -0.2) is 0 Å². The van der Waals surface area contributed by atoms with Gasteiger partial charge in [0, 0.05) is 51.2 Å². The van der Waals surface area contributed by atoms with E-state index in [-0.39, 0.29) is 48.7 Å². The summed E-state index contributed by atoms with van der Waals surface area (Å²) < 4.78 is 0. The van der Waals surface area contributed by atoms with Crippen LogP contribution in [0.3, 0.4) is 0 Å². The molecular formula is C19H20N4O6. The van der Waals surface area contributed by atoms with Crippen LogP contribution in [0.25, 0.3) is 6.08 Å². The van der Waals surface area contributed by atoms with Crippen LogP contribution in [0.5, 0.6) is 0 Å². The molecular weight excluding hydrogens is 380 g/mol. The Bertz CT molecular complexity index is 872. The summed E-state index contributed by atoms with van der Waals surface area (Å²) in [6, 6.07) is 6.12. The Morgan fingerprint density at radius 3 is 2.21 bits per heavy atom. The van der Waals surface area contributed by atoms with Gasteiger partial charge in [-0.05, 0) is 12.1 Å². The minimum absolute atomic E-state index is 0.0852. The average Bonchev–Trinajstić information content (AvgIpc) is 3.04. The molecule has 2 aliphatic rings. The molecule has 0 aliphatic carbocycles. The summed E-state index contributed by atoms with van der Waals surface area (Å²) in [5.74, 6) is -1.30. The molecule has 10 nitrogen and oxygen atoms in total. The third-order valence-corrected chi connectivity index (χ3v) is 4.93. The van der Waals surface area contributed by atoms with Crippen molar-refractivity contribution in [3.63, 3.8) is 0 Å². The molecule has 2 saturated heterocycles. The number of nitro benzene ring substituents is 1. The van der Waals surface area contributed by atoms with Crippen molar-refractivity contribution in [3.8, 4) is 0 Å². The molecule has 0 atom stereocenters. The number of nitrogens with zero attached hydrogens (tertiary/aromatic N) is 4. The van der Waals surface area contributed by atoms with E-state index >= 15 is 0 Å². The summed E-state index contributed by atoms with van der Waals surface area (Å²) >= 11 is 0. The number of carbonyl (C=O) groups is 4. The highest BCUT2D eigenvalue weighted by Gasteiger charge is 2.32. The third-order valence-electron chi connectivity index (χ3n) is 4.93. The number of nitro groups is 1. The van der Waals surface area contributed by atoms with E-state index < -0.39 is 4.92 Å². The number of hydrogen-bond donors (Lipinski definition) is 0. The SMILES string of the molecule is O=C(C=Cc1ccccc1[N+](=O)[O-])N1CCN(C(=O)CN2C(=O)CCC2=O)CC1. The van der Waals surface area contributed by atoms with Crippen LogP contribution in [0.4, 0.5) is 5.69 Å². The molecule has 4 amide bonds. The van der Waals surface area contributed by atoms with Crippen molar-refractivity contribution >= 4 is 35.4 Å². The molecule has 0 spiro atoms. The van der Waals surface area contributed by atoms with Crippen LogP contribution in [0, 0.1) is 10.1 Å². The van der Waals surface area contributed by atoms with E-state index in [0.717, 1.165) is 4.90 Å². The summed E-state index contributed by atoms with van der Waals surface area (Å²) in [7, 11) is 0. The fourth-order valence-corrected chi connectivity index (χ4v) is 3.27. The molecule has 3 rings (SSSR count). The first-order chi connectivity index (χ1) is 13.9. The number of carbonyl (C=O) groups excluding carboxylic acids is 4. The number of para-hydroxylation sites is 1. The van der Waals surface area contributed by atoms with E-state index in [2.05, 4.69) is 0 Å². The maximum absolute atomic E-state index is 12.4. The third kappa shape index (κ3) is 4.65. The van der Waals surface area contributed by atoms with Crippen molar-refractivity contribution in [1.82, 2.24) is 14.7 Å². The number of imide groups is 1. The fraction of sp³-hybridized carbons (Fsp3) is 0.368. The maximum Gasteiger partial charge on any atom is 0.276 e. The van der Waals surface area contributed by atoms with Gasteiger partial charge < -0.3 is 9.80 Å². The lowest BCUT2D eigenvalue weighted by atomic mass is 10.1. The number of hydrogen-bond acceptors (Lipinski definition) is 6. The zero-order chi connectivity index (χ0) is 21.0. The van der Waals surface area contributed by atoms with Crippen LogP contribution in [-0.4, -0.2) is 76.0 Å². The van der Waals surface area contributed by atoms with E-state index in [9.17, 15) is 29.3 Å². The highest BCUT2D eigenvalue weighted by molar-refractivity contribution is 6.04. The van der Waals surface area contributed by atoms with Gasteiger partial charge in [0.25, 0.3) is 5.69 Å². The summed E-state index contributed by atoms with van der Waals surface area (Å²) in [5.41, 5.74) is 0.248. The van der Waals surface area contributed by atoms with Gasteiger partial charge in [-0.1, -0.05) is 12.1 Å². The molecule has 0 bridgehead atoms. The van der Waals surface area contributed by atoms with Gasteiger partial charge in [0.15, 0.2) is 0 Å². The highest BCUT2D eigenvalue weighted by atomic mass is 16.6. The molecule has 2 fully saturated rings. The normalized spacial score (nSPS) is 17.3. The van der Waals surface area contributed by atoms with Gasteiger partial charge in [-0.3, -0.25) is 34.2 Å². The van der Waals surface area contributed by atoms with E-state index in [0.29, 0.717) is 31.7 Å². The van der Waals surface area contributed by atoms with Crippen molar-refractivity contribution in [3.05, 3.63) is 46.0 Å². The number of piperazine rings is 1. The van der Waals surface area contributed by atoms with Crippen LogP contribution in [0.2, 0.25) is 0 Å². The van der Waals surface area contributed by atoms with E-state index in [1.54, 1.807) is 23.1 Å². The lowest BCUT2D eigenvalue weighted by molar-refractivity contribution is -0.385. The number of amides is 4. The molecule has 29 heavy (non-hydrogen) atoms. The number of rotatable bonds is 5. The molecule has 1 aromatic carbocycles. The Kier molecular flexibility index (Phi) is 6.01. The molecule has 2 aliphatic heterocycles. The van der Waals surface area contributed by atoms with E-state index in [4.69, 9.17) is 0 Å². The maximum atomic E-state index is 12.4. The Morgan fingerprint density at radius 1 is 1.00 bits per heavy atom. The molecule has 152 valence electrons. The second kappa shape index (κ2) is 8.63. The first-order valence-corrected chi connectivity index (χ1v) is 9.18. The van der Waals surface area contributed by atoms with Crippen molar-refractivity contribution in [1.29, 1.82) is 0 Å². The van der Waals surface area contributed by atoms with Crippen molar-refractivity contribution in [2.75, 3.05) is 32.7 Å². The zero-order valence-electron chi connectivity index (χ0n) is 15.7. The minimum atomic E-state index is -0.510. The Labute approximate surface area is 166 Å². The van der Waals surface area contributed by atoms with Gasteiger partial charge in [0.1, 0.15) is 6.54 Å². The second-order valence-corrected chi connectivity index (χ2v) is 6.73. The molecule has 0 aromatic heterocycles. The molecule has 0 unspecified atom stereocenters. The molecule has 2 heterocycles. The largest absolute Gasteiger partial charge is 0.338 e. The Hall–Kier alpha value is -3.56. The Balaban J connectivity index is 1.53. The summed E-state index contributed by atoms with van der Waals surface area (Å²) in [4.78, 5) is 62.5. The average molecular weight is 400 g/mol. The van der Waals surface area contributed by atoms with E-state index in [1.807, 2.05) is 0 Å². The van der Waals surface area contributed by atoms with Crippen LogP contribution >= 0.6 is 0 Å². The molecule has 0 N–H and O–H groups in total. The fourth-order valence-electron chi connectivity index (χ4n) is 3.27. The highest BCUT2D eigenvalue weighted by Crippen LogP contribution is 2.19. The molecule has 0 saturated carbocycles. The molecule has 1 aromatic rings. The van der Waals surface area contributed by atoms with Crippen LogP contribution in [-0.2, 0) is 19.2 Å². The van der Waals surface area contributed by atoms with Crippen molar-refractivity contribution in [2.45, 2.75) is 12.8 Å². The summed E-state index contributed by atoms with van der Waals surface area (Å²) in [5, 5.41) is 11.0. The topological polar surface area (TPSA) is 121 Å². The predicted octanol–water partition coefficient (Wildman–Crippen LogP) is 0.428. The van der Waals surface area contributed by atoms with Crippen LogP contribution in [0.15, 0.2) is 30.3 Å². The summed E-state index contributed by atoms with van der Waals surface area (Å²) in [6.45, 7) is 0.921.